The highest BCUT2D eigenvalue weighted by molar-refractivity contribution is 5.60. The van der Waals surface area contributed by atoms with Crippen molar-refractivity contribution in [1.82, 2.24) is 0 Å². The van der Waals surface area contributed by atoms with Crippen molar-refractivity contribution >= 4 is 11.4 Å². The minimum Gasteiger partial charge on any atom is -0.493 e. The van der Waals surface area contributed by atoms with Crippen LogP contribution < -0.4 is 15.4 Å². The summed E-state index contributed by atoms with van der Waals surface area (Å²) >= 11 is 0. The molecule has 2 N–H and O–H groups in total. The molecule has 0 aliphatic carbocycles. The molecule has 0 unspecified atom stereocenters. The van der Waals surface area contributed by atoms with E-state index in [2.05, 4.69) is 32.7 Å². The number of benzene rings is 1. The lowest BCUT2D eigenvalue weighted by Gasteiger charge is -2.24. The van der Waals surface area contributed by atoms with Crippen molar-refractivity contribution in [1.29, 1.82) is 0 Å². The zero-order valence-electron chi connectivity index (χ0n) is 10.7. The van der Waals surface area contributed by atoms with Gasteiger partial charge in [0.1, 0.15) is 5.75 Å². The van der Waals surface area contributed by atoms with Crippen LogP contribution in [0.25, 0.3) is 0 Å². The third-order valence-corrected chi connectivity index (χ3v) is 2.57. The highest BCUT2D eigenvalue weighted by atomic mass is 16.5. The number of nitrogens with zero attached hydrogens (tertiary/aromatic N) is 1. The van der Waals surface area contributed by atoms with Gasteiger partial charge in [-0.25, -0.2) is 0 Å². The molecule has 0 saturated carbocycles. The SMILES string of the molecule is CCCOc1cc(N)cc(N(C)C(C)C)c1. The highest BCUT2D eigenvalue weighted by Crippen LogP contribution is 2.26. The summed E-state index contributed by atoms with van der Waals surface area (Å²) in [6.07, 6.45) is 1.00. The Hall–Kier alpha value is -1.38. The van der Waals surface area contributed by atoms with Gasteiger partial charge in [0.15, 0.2) is 0 Å². The molecule has 90 valence electrons. The zero-order chi connectivity index (χ0) is 12.1. The molecule has 0 fully saturated rings. The first-order valence-electron chi connectivity index (χ1n) is 5.80. The van der Waals surface area contributed by atoms with Crippen LogP contribution in [-0.4, -0.2) is 19.7 Å². The minimum absolute atomic E-state index is 0.445. The van der Waals surface area contributed by atoms with Crippen LogP contribution >= 0.6 is 0 Å². The predicted molar refractivity (Wildman–Crippen MR) is 70.2 cm³/mol. The van der Waals surface area contributed by atoms with Gasteiger partial charge in [-0.2, -0.15) is 0 Å². The van der Waals surface area contributed by atoms with Gasteiger partial charge in [0.25, 0.3) is 0 Å². The molecule has 3 heteroatoms. The third-order valence-electron chi connectivity index (χ3n) is 2.57. The lowest BCUT2D eigenvalue weighted by Crippen LogP contribution is -2.25. The Bertz CT molecular complexity index is 337. The van der Waals surface area contributed by atoms with Crippen molar-refractivity contribution in [3.8, 4) is 5.75 Å². The van der Waals surface area contributed by atoms with Gasteiger partial charge in [-0.05, 0) is 26.3 Å². The molecule has 0 atom stereocenters. The van der Waals surface area contributed by atoms with Crippen LogP contribution in [-0.2, 0) is 0 Å². The van der Waals surface area contributed by atoms with Crippen LogP contribution in [0, 0.1) is 0 Å². The first-order chi connectivity index (χ1) is 7.54. The largest absolute Gasteiger partial charge is 0.493 e. The Morgan fingerprint density at radius 2 is 2.00 bits per heavy atom. The number of hydrogen-bond donors (Lipinski definition) is 1. The van der Waals surface area contributed by atoms with Gasteiger partial charge in [-0.3, -0.25) is 0 Å². The summed E-state index contributed by atoms with van der Waals surface area (Å²) < 4.78 is 5.60. The number of nitrogens with two attached hydrogens (primary N) is 1. The molecule has 0 aliphatic rings. The first kappa shape index (κ1) is 12.7. The summed E-state index contributed by atoms with van der Waals surface area (Å²) in [5, 5.41) is 0. The van der Waals surface area contributed by atoms with E-state index in [9.17, 15) is 0 Å². The summed E-state index contributed by atoms with van der Waals surface area (Å²) in [5.41, 5.74) is 7.71. The topological polar surface area (TPSA) is 38.5 Å². The van der Waals surface area contributed by atoms with Gasteiger partial charge in [-0.15, -0.1) is 0 Å². The fourth-order valence-electron chi connectivity index (χ4n) is 1.41. The molecule has 1 aromatic rings. The Kier molecular flexibility index (Phi) is 4.47. The summed E-state index contributed by atoms with van der Waals surface area (Å²) in [5.74, 6) is 0.851. The molecule has 0 aliphatic heterocycles. The van der Waals surface area contributed by atoms with E-state index < -0.39 is 0 Å². The zero-order valence-corrected chi connectivity index (χ0v) is 10.7. The summed E-state index contributed by atoms with van der Waals surface area (Å²) in [4.78, 5) is 2.18. The molecule has 0 saturated heterocycles. The summed E-state index contributed by atoms with van der Waals surface area (Å²) in [6.45, 7) is 7.12. The molecule has 0 heterocycles. The quantitative estimate of drug-likeness (QED) is 0.778. The van der Waals surface area contributed by atoms with Crippen LogP contribution in [0.4, 0.5) is 11.4 Å². The first-order valence-corrected chi connectivity index (χ1v) is 5.80. The predicted octanol–water partition coefficient (Wildman–Crippen LogP) is 2.90. The van der Waals surface area contributed by atoms with Crippen LogP contribution in [0.15, 0.2) is 18.2 Å². The van der Waals surface area contributed by atoms with Gasteiger partial charge >= 0.3 is 0 Å². The van der Waals surface area contributed by atoms with Crippen LogP contribution in [0.3, 0.4) is 0 Å². The maximum atomic E-state index is 5.86. The number of nitrogen functional groups attached to an aromatic ring is 1. The molecule has 0 aromatic heterocycles. The van der Waals surface area contributed by atoms with Gasteiger partial charge in [0, 0.05) is 36.6 Å². The second kappa shape index (κ2) is 5.64. The smallest absolute Gasteiger partial charge is 0.123 e. The molecule has 0 amide bonds. The number of ether oxygens (including phenoxy) is 1. The Morgan fingerprint density at radius 1 is 1.31 bits per heavy atom. The summed E-state index contributed by atoms with van der Waals surface area (Å²) in [7, 11) is 2.06. The lowest BCUT2D eigenvalue weighted by atomic mass is 10.2. The number of hydrogen-bond acceptors (Lipinski definition) is 3. The van der Waals surface area contributed by atoms with Crippen LogP contribution in [0.2, 0.25) is 0 Å². The van der Waals surface area contributed by atoms with Gasteiger partial charge < -0.3 is 15.4 Å². The van der Waals surface area contributed by atoms with Gasteiger partial charge in [0.05, 0.1) is 6.61 Å². The highest BCUT2D eigenvalue weighted by Gasteiger charge is 2.07. The second-order valence-corrected chi connectivity index (χ2v) is 4.31. The van der Waals surface area contributed by atoms with Gasteiger partial charge in [-0.1, -0.05) is 6.92 Å². The van der Waals surface area contributed by atoms with Crippen molar-refractivity contribution < 1.29 is 4.74 Å². The molecule has 0 spiro atoms. The maximum Gasteiger partial charge on any atom is 0.123 e. The Labute approximate surface area is 98.2 Å². The van der Waals surface area contributed by atoms with E-state index >= 15 is 0 Å². The van der Waals surface area contributed by atoms with Crippen molar-refractivity contribution in [2.45, 2.75) is 33.2 Å². The van der Waals surface area contributed by atoms with E-state index in [0.29, 0.717) is 6.04 Å². The Morgan fingerprint density at radius 3 is 2.56 bits per heavy atom. The number of anilines is 2. The average Bonchev–Trinajstić information content (AvgIpc) is 2.24. The van der Waals surface area contributed by atoms with Crippen LogP contribution in [0.5, 0.6) is 5.75 Å². The van der Waals surface area contributed by atoms with Crippen molar-refractivity contribution in [2.75, 3.05) is 24.3 Å². The lowest BCUT2D eigenvalue weighted by molar-refractivity contribution is 0.317. The fraction of sp³-hybridized carbons (Fsp3) is 0.538. The van der Waals surface area contributed by atoms with Crippen molar-refractivity contribution in [3.05, 3.63) is 18.2 Å². The number of rotatable bonds is 5. The van der Waals surface area contributed by atoms with Crippen molar-refractivity contribution in [2.24, 2.45) is 0 Å². The Balaban J connectivity index is 2.89. The molecule has 3 nitrogen and oxygen atoms in total. The maximum absolute atomic E-state index is 5.86. The van der Waals surface area contributed by atoms with Gasteiger partial charge in [0.2, 0.25) is 0 Å². The van der Waals surface area contributed by atoms with E-state index in [0.717, 1.165) is 30.2 Å². The van der Waals surface area contributed by atoms with Crippen molar-refractivity contribution in [3.63, 3.8) is 0 Å². The van der Waals surface area contributed by atoms with E-state index in [4.69, 9.17) is 10.5 Å². The molecular weight excluding hydrogens is 200 g/mol. The molecular formula is C13H22N2O. The van der Waals surface area contributed by atoms with Crippen LogP contribution in [0.1, 0.15) is 27.2 Å². The average molecular weight is 222 g/mol. The summed E-state index contributed by atoms with van der Waals surface area (Å²) in [6, 6.07) is 6.32. The molecule has 1 rings (SSSR count). The fourth-order valence-corrected chi connectivity index (χ4v) is 1.41. The molecule has 1 aromatic carbocycles. The third kappa shape index (κ3) is 3.33. The normalized spacial score (nSPS) is 10.6. The van der Waals surface area contributed by atoms with E-state index in [1.54, 1.807) is 0 Å². The minimum atomic E-state index is 0.445. The molecule has 0 radical (unpaired) electrons. The molecule has 0 bridgehead atoms. The molecule has 16 heavy (non-hydrogen) atoms. The van der Waals surface area contributed by atoms with E-state index in [1.165, 1.54) is 0 Å². The van der Waals surface area contributed by atoms with E-state index in [-0.39, 0.29) is 0 Å². The van der Waals surface area contributed by atoms with E-state index in [1.807, 2.05) is 18.2 Å². The monoisotopic (exact) mass is 222 g/mol. The standard InChI is InChI=1S/C13H22N2O/c1-5-6-16-13-8-11(14)7-12(9-13)15(4)10(2)3/h7-10H,5-6,14H2,1-4H3. The second-order valence-electron chi connectivity index (χ2n) is 4.31.